The molecule has 0 bridgehead atoms. The fraction of sp³-hybridized carbons (Fsp3) is 0.529. The molecule has 1 aromatic carbocycles. The second kappa shape index (κ2) is 6.63. The third kappa shape index (κ3) is 4.34. The van der Waals surface area contributed by atoms with E-state index < -0.39 is 28.9 Å². The topological polar surface area (TPSA) is 65.4 Å². The van der Waals surface area contributed by atoms with Crippen LogP contribution in [0.3, 0.4) is 0 Å². The molecule has 1 saturated heterocycles. The standard InChI is InChI=1S/C17H21F2N3O2/c1-16(2,3)24-15(23)22-8-6-17(11-20,7-9-22)21-12-4-5-13(18)14(19)10-12/h4-5,10,21H,6-9H2,1-3H3. The molecule has 1 aromatic rings. The lowest BCUT2D eigenvalue weighted by atomic mass is 9.88. The van der Waals surface area contributed by atoms with Crippen molar-refractivity contribution in [2.45, 2.75) is 44.8 Å². The predicted octanol–water partition coefficient (Wildman–Crippen LogP) is 3.67. The van der Waals surface area contributed by atoms with Gasteiger partial charge in [-0.25, -0.2) is 13.6 Å². The molecule has 1 fully saturated rings. The highest BCUT2D eigenvalue weighted by molar-refractivity contribution is 5.68. The number of piperidine rings is 1. The summed E-state index contributed by atoms with van der Waals surface area (Å²) in [5.41, 5.74) is -1.17. The molecular weight excluding hydrogens is 316 g/mol. The molecule has 1 amide bonds. The molecule has 0 atom stereocenters. The van der Waals surface area contributed by atoms with Gasteiger partial charge in [0, 0.05) is 37.7 Å². The first kappa shape index (κ1) is 18.0. The van der Waals surface area contributed by atoms with Crippen LogP contribution < -0.4 is 5.32 Å². The Kier molecular flexibility index (Phi) is 4.97. The SMILES string of the molecule is CC(C)(C)OC(=O)N1CCC(C#N)(Nc2ccc(F)c(F)c2)CC1. The van der Waals surface area contributed by atoms with Gasteiger partial charge in [0.15, 0.2) is 11.6 Å². The summed E-state index contributed by atoms with van der Waals surface area (Å²) in [7, 11) is 0. The van der Waals surface area contributed by atoms with Gasteiger partial charge in [0.05, 0.1) is 6.07 Å². The maximum absolute atomic E-state index is 13.3. The maximum atomic E-state index is 13.3. The van der Waals surface area contributed by atoms with E-state index in [9.17, 15) is 18.8 Å². The molecule has 0 aliphatic carbocycles. The number of amides is 1. The summed E-state index contributed by atoms with van der Waals surface area (Å²) < 4.78 is 31.6. The zero-order valence-electron chi connectivity index (χ0n) is 14.0. The Morgan fingerprint density at radius 2 is 1.92 bits per heavy atom. The third-order valence-corrected chi connectivity index (χ3v) is 3.79. The molecule has 7 heteroatoms. The Hall–Kier alpha value is -2.36. The summed E-state index contributed by atoms with van der Waals surface area (Å²) in [5.74, 6) is -1.91. The number of hydrogen-bond donors (Lipinski definition) is 1. The Labute approximate surface area is 140 Å². The molecule has 0 aromatic heterocycles. The molecule has 0 radical (unpaired) electrons. The van der Waals surface area contributed by atoms with Gasteiger partial charge in [-0.1, -0.05) is 0 Å². The summed E-state index contributed by atoms with van der Waals surface area (Å²) in [6, 6.07) is 5.62. The van der Waals surface area contributed by atoms with Crippen LogP contribution in [0, 0.1) is 23.0 Å². The summed E-state index contributed by atoms with van der Waals surface area (Å²) >= 11 is 0. The van der Waals surface area contributed by atoms with Gasteiger partial charge in [-0.15, -0.1) is 0 Å². The predicted molar refractivity (Wildman–Crippen MR) is 85.4 cm³/mol. The molecular formula is C17H21F2N3O2. The van der Waals surface area contributed by atoms with Crippen LogP contribution >= 0.6 is 0 Å². The number of nitrogens with zero attached hydrogens (tertiary/aromatic N) is 2. The fourth-order valence-electron chi connectivity index (χ4n) is 2.51. The summed E-state index contributed by atoms with van der Waals surface area (Å²) in [5, 5.41) is 12.5. The molecule has 0 saturated carbocycles. The van der Waals surface area contributed by atoms with Crippen LogP contribution in [0.25, 0.3) is 0 Å². The maximum Gasteiger partial charge on any atom is 0.410 e. The van der Waals surface area contributed by atoms with Gasteiger partial charge in [0.2, 0.25) is 0 Å². The van der Waals surface area contributed by atoms with Crippen LogP contribution in [-0.2, 0) is 4.74 Å². The number of carbonyl (C=O) groups is 1. The van der Waals surface area contributed by atoms with Crippen LogP contribution in [0.5, 0.6) is 0 Å². The normalized spacial score (nSPS) is 17.1. The lowest BCUT2D eigenvalue weighted by Crippen LogP contribution is -2.51. The summed E-state index contributed by atoms with van der Waals surface area (Å²) in [4.78, 5) is 13.6. The third-order valence-electron chi connectivity index (χ3n) is 3.79. The van der Waals surface area contributed by atoms with E-state index in [-0.39, 0.29) is 0 Å². The van der Waals surface area contributed by atoms with Crippen molar-refractivity contribution in [2.75, 3.05) is 18.4 Å². The van der Waals surface area contributed by atoms with Crippen LogP contribution in [-0.4, -0.2) is 35.2 Å². The molecule has 2 rings (SSSR count). The lowest BCUT2D eigenvalue weighted by molar-refractivity contribution is 0.0195. The molecule has 1 aliphatic heterocycles. The number of nitrogens with one attached hydrogen (secondary N) is 1. The highest BCUT2D eigenvalue weighted by atomic mass is 19.2. The molecule has 24 heavy (non-hydrogen) atoms. The van der Waals surface area contributed by atoms with Gasteiger partial charge >= 0.3 is 6.09 Å². The first-order valence-corrected chi connectivity index (χ1v) is 7.77. The number of benzene rings is 1. The quantitative estimate of drug-likeness (QED) is 0.894. The first-order valence-electron chi connectivity index (χ1n) is 7.77. The van der Waals surface area contributed by atoms with Gasteiger partial charge in [0.1, 0.15) is 11.1 Å². The Bertz CT molecular complexity index is 657. The van der Waals surface area contributed by atoms with Crippen LogP contribution in [0.2, 0.25) is 0 Å². The second-order valence-electron chi connectivity index (χ2n) is 6.92. The molecule has 1 N–H and O–H groups in total. The molecule has 1 aliphatic rings. The van der Waals surface area contributed by atoms with E-state index in [2.05, 4.69) is 11.4 Å². The Morgan fingerprint density at radius 1 is 1.29 bits per heavy atom. The minimum Gasteiger partial charge on any atom is -0.444 e. The number of hydrogen-bond acceptors (Lipinski definition) is 4. The van der Waals surface area contributed by atoms with Crippen molar-refractivity contribution in [3.05, 3.63) is 29.8 Å². The first-order chi connectivity index (χ1) is 11.1. The smallest absolute Gasteiger partial charge is 0.410 e. The van der Waals surface area contributed by atoms with Crippen molar-refractivity contribution in [3.63, 3.8) is 0 Å². The number of ether oxygens (including phenoxy) is 1. The molecule has 1 heterocycles. The number of nitriles is 1. The highest BCUT2D eigenvalue weighted by Crippen LogP contribution is 2.28. The number of carbonyl (C=O) groups excluding carboxylic acids is 1. The fourth-order valence-corrected chi connectivity index (χ4v) is 2.51. The Morgan fingerprint density at radius 3 is 2.42 bits per heavy atom. The van der Waals surface area contributed by atoms with E-state index in [0.29, 0.717) is 31.6 Å². The van der Waals surface area contributed by atoms with Crippen molar-refractivity contribution in [3.8, 4) is 6.07 Å². The van der Waals surface area contributed by atoms with E-state index in [1.807, 2.05) is 0 Å². The van der Waals surface area contributed by atoms with Crippen molar-refractivity contribution >= 4 is 11.8 Å². The largest absolute Gasteiger partial charge is 0.444 e. The van der Waals surface area contributed by atoms with Crippen molar-refractivity contribution in [2.24, 2.45) is 0 Å². The number of rotatable bonds is 2. The highest BCUT2D eigenvalue weighted by Gasteiger charge is 2.37. The van der Waals surface area contributed by atoms with Gasteiger partial charge in [-0.2, -0.15) is 5.26 Å². The van der Waals surface area contributed by atoms with Gasteiger partial charge in [-0.3, -0.25) is 0 Å². The van der Waals surface area contributed by atoms with E-state index in [4.69, 9.17) is 4.74 Å². The molecule has 0 unspecified atom stereocenters. The van der Waals surface area contributed by atoms with Crippen molar-refractivity contribution < 1.29 is 18.3 Å². The molecule has 0 spiro atoms. The minimum atomic E-state index is -0.973. The lowest BCUT2D eigenvalue weighted by Gasteiger charge is -2.38. The van der Waals surface area contributed by atoms with Crippen molar-refractivity contribution in [1.29, 1.82) is 5.26 Å². The second-order valence-corrected chi connectivity index (χ2v) is 6.92. The van der Waals surface area contributed by atoms with Crippen LogP contribution in [0.1, 0.15) is 33.6 Å². The monoisotopic (exact) mass is 337 g/mol. The van der Waals surface area contributed by atoms with Crippen LogP contribution in [0.15, 0.2) is 18.2 Å². The summed E-state index contributed by atoms with van der Waals surface area (Å²) in [6.07, 6.45) is 0.311. The number of halogens is 2. The van der Waals surface area contributed by atoms with E-state index >= 15 is 0 Å². The number of likely N-dealkylation sites (tertiary alicyclic amines) is 1. The number of anilines is 1. The van der Waals surface area contributed by atoms with Gasteiger partial charge in [-0.05, 0) is 32.9 Å². The zero-order valence-corrected chi connectivity index (χ0v) is 14.0. The van der Waals surface area contributed by atoms with Gasteiger partial charge < -0.3 is 15.0 Å². The van der Waals surface area contributed by atoms with Gasteiger partial charge in [0.25, 0.3) is 0 Å². The van der Waals surface area contributed by atoms with Crippen molar-refractivity contribution in [1.82, 2.24) is 4.90 Å². The van der Waals surface area contributed by atoms with E-state index in [1.165, 1.54) is 6.07 Å². The molecule has 5 nitrogen and oxygen atoms in total. The van der Waals surface area contributed by atoms with E-state index in [1.54, 1.807) is 25.7 Å². The molecule has 130 valence electrons. The van der Waals surface area contributed by atoms with Crippen LogP contribution in [0.4, 0.5) is 19.3 Å². The zero-order chi connectivity index (χ0) is 18.0. The Balaban J connectivity index is 2.02. The average molecular weight is 337 g/mol. The minimum absolute atomic E-state index is 0.334. The summed E-state index contributed by atoms with van der Waals surface area (Å²) in [6.45, 7) is 6.06. The average Bonchev–Trinajstić information content (AvgIpc) is 2.50. The van der Waals surface area contributed by atoms with E-state index in [0.717, 1.165) is 12.1 Å².